The second-order valence-electron chi connectivity index (χ2n) is 5.61. The number of benzene rings is 2. The van der Waals surface area contributed by atoms with Gasteiger partial charge in [0, 0.05) is 5.02 Å². The van der Waals surface area contributed by atoms with E-state index in [2.05, 4.69) is 12.1 Å². The normalized spacial score (nSPS) is 16.3. The highest BCUT2D eigenvalue weighted by molar-refractivity contribution is 6.31. The minimum atomic E-state index is -0.520. The summed E-state index contributed by atoms with van der Waals surface area (Å²) in [6.07, 6.45) is 1.61. The van der Waals surface area contributed by atoms with Crippen LogP contribution < -0.4 is 4.74 Å². The number of halogens is 1. The first kappa shape index (κ1) is 15.9. The van der Waals surface area contributed by atoms with Gasteiger partial charge in [-0.25, -0.2) is 4.79 Å². The zero-order valence-electron chi connectivity index (χ0n) is 13.0. The molecule has 0 radical (unpaired) electrons. The smallest absolute Gasteiger partial charge is 0.347 e. The molecule has 0 bridgehead atoms. The standard InChI is InChI=1S/C19H19ClO3/c1-2-22-19(21)17-9-8-14-11-16(20)15(12-18(14)23-17)10-13-6-4-3-5-7-13/h3-7,11-12,17H,2,8-10H2,1H3. The van der Waals surface area contributed by atoms with Crippen molar-refractivity contribution in [3.05, 3.63) is 64.2 Å². The lowest BCUT2D eigenvalue weighted by Crippen LogP contribution is -2.33. The lowest BCUT2D eigenvalue weighted by Gasteiger charge is -2.25. The third-order valence-electron chi connectivity index (χ3n) is 3.96. The minimum Gasteiger partial charge on any atom is -0.478 e. The summed E-state index contributed by atoms with van der Waals surface area (Å²) < 4.78 is 10.9. The van der Waals surface area contributed by atoms with Gasteiger partial charge in [-0.2, -0.15) is 0 Å². The van der Waals surface area contributed by atoms with Gasteiger partial charge in [-0.1, -0.05) is 41.9 Å². The summed E-state index contributed by atoms with van der Waals surface area (Å²) in [6.45, 7) is 2.16. The van der Waals surface area contributed by atoms with Crippen LogP contribution >= 0.6 is 11.6 Å². The molecule has 3 rings (SSSR count). The average Bonchev–Trinajstić information content (AvgIpc) is 2.56. The van der Waals surface area contributed by atoms with Crippen molar-refractivity contribution in [3.63, 3.8) is 0 Å². The highest BCUT2D eigenvalue weighted by atomic mass is 35.5. The molecule has 3 nitrogen and oxygen atoms in total. The van der Waals surface area contributed by atoms with E-state index in [0.29, 0.717) is 13.0 Å². The van der Waals surface area contributed by atoms with Crippen LogP contribution in [0, 0.1) is 0 Å². The van der Waals surface area contributed by atoms with Crippen molar-refractivity contribution in [2.45, 2.75) is 32.3 Å². The number of aryl methyl sites for hydroxylation is 1. The van der Waals surface area contributed by atoms with Gasteiger partial charge in [-0.05, 0) is 55.0 Å². The number of carbonyl (C=O) groups excluding carboxylic acids is 1. The zero-order valence-corrected chi connectivity index (χ0v) is 13.8. The Bertz CT molecular complexity index is 697. The molecule has 1 unspecified atom stereocenters. The van der Waals surface area contributed by atoms with Crippen LogP contribution in [0.25, 0.3) is 0 Å². The molecule has 2 aromatic carbocycles. The third kappa shape index (κ3) is 3.67. The van der Waals surface area contributed by atoms with Crippen molar-refractivity contribution in [1.29, 1.82) is 0 Å². The molecule has 1 heterocycles. The van der Waals surface area contributed by atoms with Crippen molar-refractivity contribution >= 4 is 17.6 Å². The summed E-state index contributed by atoms with van der Waals surface area (Å²) in [5, 5.41) is 0.741. The summed E-state index contributed by atoms with van der Waals surface area (Å²) in [6, 6.07) is 14.1. The van der Waals surface area contributed by atoms with Crippen LogP contribution in [-0.2, 0) is 22.4 Å². The molecule has 0 N–H and O–H groups in total. The SMILES string of the molecule is CCOC(=O)C1CCc2cc(Cl)c(Cc3ccccc3)cc2O1. The molecule has 120 valence electrons. The number of hydrogen-bond acceptors (Lipinski definition) is 3. The van der Waals surface area contributed by atoms with Gasteiger partial charge in [-0.15, -0.1) is 0 Å². The molecular weight excluding hydrogens is 312 g/mol. The first-order chi connectivity index (χ1) is 11.2. The molecule has 4 heteroatoms. The fourth-order valence-electron chi connectivity index (χ4n) is 2.79. The summed E-state index contributed by atoms with van der Waals surface area (Å²) >= 11 is 6.41. The Kier molecular flexibility index (Phi) is 4.87. The van der Waals surface area contributed by atoms with Crippen LogP contribution in [-0.4, -0.2) is 18.7 Å². The average molecular weight is 331 g/mol. The van der Waals surface area contributed by atoms with E-state index in [1.54, 1.807) is 6.92 Å². The van der Waals surface area contributed by atoms with E-state index in [1.807, 2.05) is 30.3 Å². The van der Waals surface area contributed by atoms with Gasteiger partial charge in [0.15, 0.2) is 6.10 Å². The Morgan fingerprint density at radius 2 is 2.09 bits per heavy atom. The Hall–Kier alpha value is -2.00. The fourth-order valence-corrected chi connectivity index (χ4v) is 3.05. The molecule has 2 aromatic rings. The van der Waals surface area contributed by atoms with Crippen LogP contribution in [0.3, 0.4) is 0 Å². The summed E-state index contributed by atoms with van der Waals surface area (Å²) in [7, 11) is 0. The minimum absolute atomic E-state index is 0.294. The summed E-state index contributed by atoms with van der Waals surface area (Å²) in [5.74, 6) is 0.447. The highest BCUT2D eigenvalue weighted by Gasteiger charge is 2.28. The quantitative estimate of drug-likeness (QED) is 0.789. The second-order valence-corrected chi connectivity index (χ2v) is 6.02. The van der Waals surface area contributed by atoms with Crippen molar-refractivity contribution in [1.82, 2.24) is 0 Å². The van der Waals surface area contributed by atoms with Gasteiger partial charge in [-0.3, -0.25) is 0 Å². The Labute approximate surface area is 141 Å². The van der Waals surface area contributed by atoms with Crippen LogP contribution in [0.5, 0.6) is 5.75 Å². The van der Waals surface area contributed by atoms with Gasteiger partial charge in [0.05, 0.1) is 6.61 Å². The number of fused-ring (bicyclic) bond motifs is 1. The molecule has 0 fully saturated rings. The number of carbonyl (C=O) groups is 1. The second kappa shape index (κ2) is 7.05. The number of rotatable bonds is 4. The van der Waals surface area contributed by atoms with Crippen molar-refractivity contribution < 1.29 is 14.3 Å². The maximum Gasteiger partial charge on any atom is 0.347 e. The van der Waals surface area contributed by atoms with Crippen molar-refractivity contribution in [3.8, 4) is 5.75 Å². The molecular formula is C19H19ClO3. The summed E-state index contributed by atoms with van der Waals surface area (Å²) in [5.41, 5.74) is 3.24. The molecule has 1 atom stereocenters. The van der Waals surface area contributed by atoms with Crippen LogP contribution in [0.1, 0.15) is 30.0 Å². The molecule has 0 aromatic heterocycles. The number of ether oxygens (including phenoxy) is 2. The van der Waals surface area contributed by atoms with Gasteiger partial charge in [0.25, 0.3) is 0 Å². The van der Waals surface area contributed by atoms with E-state index in [1.165, 1.54) is 5.56 Å². The third-order valence-corrected chi connectivity index (χ3v) is 4.31. The fraction of sp³-hybridized carbons (Fsp3) is 0.316. The van der Waals surface area contributed by atoms with Gasteiger partial charge in [0.1, 0.15) is 5.75 Å². The van der Waals surface area contributed by atoms with E-state index < -0.39 is 6.10 Å². The van der Waals surface area contributed by atoms with Crippen molar-refractivity contribution in [2.75, 3.05) is 6.61 Å². The Balaban J connectivity index is 1.82. The van der Waals surface area contributed by atoms with Gasteiger partial charge in [0.2, 0.25) is 0 Å². The number of hydrogen-bond donors (Lipinski definition) is 0. The van der Waals surface area contributed by atoms with E-state index in [9.17, 15) is 4.79 Å². The van der Waals surface area contributed by atoms with E-state index in [4.69, 9.17) is 21.1 Å². The zero-order chi connectivity index (χ0) is 16.2. The molecule has 0 amide bonds. The summed E-state index contributed by atoms with van der Waals surface area (Å²) in [4.78, 5) is 11.9. The maximum atomic E-state index is 11.9. The van der Waals surface area contributed by atoms with E-state index in [0.717, 1.165) is 34.7 Å². The first-order valence-corrected chi connectivity index (χ1v) is 8.23. The van der Waals surface area contributed by atoms with Gasteiger partial charge >= 0.3 is 5.97 Å². The molecule has 0 saturated carbocycles. The lowest BCUT2D eigenvalue weighted by molar-refractivity contribution is -0.152. The monoisotopic (exact) mass is 330 g/mol. The molecule has 0 spiro atoms. The van der Waals surface area contributed by atoms with Crippen LogP contribution in [0.4, 0.5) is 0 Å². The topological polar surface area (TPSA) is 35.5 Å². The van der Waals surface area contributed by atoms with Gasteiger partial charge < -0.3 is 9.47 Å². The number of esters is 1. The lowest BCUT2D eigenvalue weighted by atomic mass is 9.97. The molecule has 0 aliphatic carbocycles. The molecule has 23 heavy (non-hydrogen) atoms. The van der Waals surface area contributed by atoms with E-state index >= 15 is 0 Å². The largest absolute Gasteiger partial charge is 0.478 e. The first-order valence-electron chi connectivity index (χ1n) is 7.86. The highest BCUT2D eigenvalue weighted by Crippen LogP contribution is 2.34. The Morgan fingerprint density at radius 3 is 2.83 bits per heavy atom. The predicted molar refractivity (Wildman–Crippen MR) is 90.1 cm³/mol. The van der Waals surface area contributed by atoms with E-state index in [-0.39, 0.29) is 5.97 Å². The molecule has 0 saturated heterocycles. The molecule has 1 aliphatic heterocycles. The Morgan fingerprint density at radius 1 is 1.30 bits per heavy atom. The predicted octanol–water partition coefficient (Wildman–Crippen LogP) is 4.19. The van der Waals surface area contributed by atoms with Crippen LogP contribution in [0.2, 0.25) is 5.02 Å². The maximum absolute atomic E-state index is 11.9. The van der Waals surface area contributed by atoms with Crippen LogP contribution in [0.15, 0.2) is 42.5 Å². The molecule has 1 aliphatic rings. The van der Waals surface area contributed by atoms with Crippen molar-refractivity contribution in [2.24, 2.45) is 0 Å².